The molecule has 0 heterocycles. The quantitative estimate of drug-likeness (QED) is 0.768. The van der Waals surface area contributed by atoms with E-state index in [0.29, 0.717) is 16.8 Å². The van der Waals surface area contributed by atoms with E-state index in [9.17, 15) is 4.79 Å². The molecule has 0 saturated carbocycles. The largest absolute Gasteiger partial charge is 0.355 e. The van der Waals surface area contributed by atoms with Crippen molar-refractivity contribution in [1.82, 2.24) is 5.32 Å². The fraction of sp³-hybridized carbons (Fsp3) is 0.923. The second-order valence-corrected chi connectivity index (χ2v) is 7.60. The third-order valence-electron chi connectivity index (χ3n) is 2.82. The lowest BCUT2D eigenvalue weighted by atomic mass is 9.88. The molecule has 0 spiro atoms. The number of carbonyl (C=O) groups is 1. The molecule has 3 heteroatoms. The van der Waals surface area contributed by atoms with Gasteiger partial charge in [0.15, 0.2) is 0 Å². The molecule has 1 atom stereocenters. The highest BCUT2D eigenvalue weighted by Crippen LogP contribution is 2.25. The smallest absolute Gasteiger partial charge is 0.225 e. The van der Waals surface area contributed by atoms with Crippen molar-refractivity contribution in [2.45, 2.75) is 59.2 Å². The molecule has 0 radical (unpaired) electrons. The van der Waals surface area contributed by atoms with E-state index in [1.807, 2.05) is 20.8 Å². The minimum absolute atomic E-state index is 0.147. The average Bonchev–Trinajstić information content (AvgIpc) is 2.11. The average molecular weight is 292 g/mol. The topological polar surface area (TPSA) is 29.1 Å². The van der Waals surface area contributed by atoms with Crippen molar-refractivity contribution in [2.24, 2.45) is 10.8 Å². The van der Waals surface area contributed by atoms with Crippen LogP contribution < -0.4 is 5.32 Å². The first-order valence-electron chi connectivity index (χ1n) is 6.01. The first kappa shape index (κ1) is 16.0. The van der Waals surface area contributed by atoms with Gasteiger partial charge in [-0.25, -0.2) is 0 Å². The zero-order chi connectivity index (χ0) is 13.0. The summed E-state index contributed by atoms with van der Waals surface area (Å²) < 4.78 is 0. The highest BCUT2D eigenvalue weighted by molar-refractivity contribution is 9.09. The Bertz CT molecular complexity index is 231. The van der Waals surface area contributed by atoms with Crippen molar-refractivity contribution in [2.75, 3.05) is 6.54 Å². The molecule has 16 heavy (non-hydrogen) atoms. The highest BCUT2D eigenvalue weighted by atomic mass is 79.9. The van der Waals surface area contributed by atoms with Crippen molar-refractivity contribution >= 4 is 21.8 Å². The third kappa shape index (κ3) is 6.51. The van der Waals surface area contributed by atoms with Crippen molar-refractivity contribution in [3.63, 3.8) is 0 Å². The Morgan fingerprint density at radius 2 is 1.75 bits per heavy atom. The maximum Gasteiger partial charge on any atom is 0.225 e. The number of hydrogen-bond acceptors (Lipinski definition) is 1. The van der Waals surface area contributed by atoms with E-state index >= 15 is 0 Å². The van der Waals surface area contributed by atoms with Gasteiger partial charge >= 0.3 is 0 Å². The van der Waals surface area contributed by atoms with Crippen LogP contribution in [0.1, 0.15) is 54.4 Å². The molecule has 0 saturated heterocycles. The monoisotopic (exact) mass is 291 g/mol. The van der Waals surface area contributed by atoms with Crippen LogP contribution in [0.15, 0.2) is 0 Å². The zero-order valence-corrected chi connectivity index (χ0v) is 13.1. The Morgan fingerprint density at radius 3 is 2.12 bits per heavy atom. The molecule has 1 N–H and O–H groups in total. The molecule has 0 aliphatic rings. The van der Waals surface area contributed by atoms with E-state index in [1.165, 1.54) is 0 Å². The molecule has 0 aliphatic carbocycles. The Morgan fingerprint density at radius 1 is 1.25 bits per heavy atom. The second-order valence-electron chi connectivity index (χ2n) is 6.31. The molecule has 0 aliphatic heterocycles. The second kappa shape index (κ2) is 6.04. The minimum Gasteiger partial charge on any atom is -0.355 e. The Kier molecular flexibility index (Phi) is 6.02. The first-order valence-corrected chi connectivity index (χ1v) is 6.92. The van der Waals surface area contributed by atoms with Gasteiger partial charge in [0.25, 0.3) is 0 Å². The summed E-state index contributed by atoms with van der Waals surface area (Å²) in [5.74, 6) is 0.147. The van der Waals surface area contributed by atoms with Crippen LogP contribution in [0.25, 0.3) is 0 Å². The predicted octanol–water partition coefficient (Wildman–Crippen LogP) is 3.74. The number of carbonyl (C=O) groups excluding carboxylic acids is 1. The Hall–Kier alpha value is -0.0500. The highest BCUT2D eigenvalue weighted by Gasteiger charge is 2.25. The lowest BCUT2D eigenvalue weighted by molar-refractivity contribution is -0.129. The summed E-state index contributed by atoms with van der Waals surface area (Å²) in [5, 5.41) is 3.01. The number of hydrogen-bond donors (Lipinski definition) is 1. The van der Waals surface area contributed by atoms with E-state index < -0.39 is 0 Å². The molecule has 96 valence electrons. The SMILES string of the molecule is CCC(C)(C)C(=O)NCC(Br)CC(C)(C)C. The van der Waals surface area contributed by atoms with Crippen LogP contribution in [0, 0.1) is 10.8 Å². The molecule has 2 nitrogen and oxygen atoms in total. The summed E-state index contributed by atoms with van der Waals surface area (Å²) in [6.07, 6.45) is 1.92. The van der Waals surface area contributed by atoms with Crippen LogP contribution in [-0.2, 0) is 4.79 Å². The molecule has 0 rings (SSSR count). The van der Waals surface area contributed by atoms with Gasteiger partial charge in [0, 0.05) is 16.8 Å². The van der Waals surface area contributed by atoms with Gasteiger partial charge in [-0.3, -0.25) is 4.79 Å². The molecular formula is C13H26BrNO. The fourth-order valence-electron chi connectivity index (χ4n) is 1.34. The predicted molar refractivity (Wildman–Crippen MR) is 73.9 cm³/mol. The van der Waals surface area contributed by atoms with Gasteiger partial charge in [-0.05, 0) is 18.3 Å². The first-order chi connectivity index (χ1) is 7.08. The van der Waals surface area contributed by atoms with E-state index in [4.69, 9.17) is 0 Å². The molecule has 0 aromatic rings. The van der Waals surface area contributed by atoms with Crippen LogP contribution in [0.5, 0.6) is 0 Å². The molecule has 0 aromatic carbocycles. The van der Waals surface area contributed by atoms with Crippen LogP contribution in [0.2, 0.25) is 0 Å². The normalized spacial score (nSPS) is 14.7. The third-order valence-corrected chi connectivity index (χ3v) is 3.46. The maximum atomic E-state index is 11.8. The summed E-state index contributed by atoms with van der Waals surface area (Å²) in [7, 11) is 0. The molecule has 1 unspecified atom stereocenters. The summed E-state index contributed by atoms with van der Waals surface area (Å²) in [5.41, 5.74) is 0.0353. The minimum atomic E-state index is -0.256. The van der Waals surface area contributed by atoms with Crippen LogP contribution in [-0.4, -0.2) is 17.3 Å². The summed E-state index contributed by atoms with van der Waals surface area (Å²) in [6, 6.07) is 0. The van der Waals surface area contributed by atoms with Gasteiger partial charge in [0.05, 0.1) is 0 Å². The van der Waals surface area contributed by atoms with Crippen LogP contribution >= 0.6 is 15.9 Å². The number of halogens is 1. The van der Waals surface area contributed by atoms with Crippen molar-refractivity contribution in [1.29, 1.82) is 0 Å². The van der Waals surface area contributed by atoms with Crippen molar-refractivity contribution in [3.05, 3.63) is 0 Å². The molecule has 0 aromatic heterocycles. The van der Waals surface area contributed by atoms with Gasteiger partial charge in [-0.15, -0.1) is 0 Å². The van der Waals surface area contributed by atoms with E-state index in [2.05, 4.69) is 42.0 Å². The van der Waals surface area contributed by atoms with Gasteiger partial charge in [0.1, 0.15) is 0 Å². The maximum absolute atomic E-state index is 11.8. The van der Waals surface area contributed by atoms with Gasteiger partial charge in [-0.1, -0.05) is 57.5 Å². The summed E-state index contributed by atoms with van der Waals surface area (Å²) in [6.45, 7) is 13.3. The van der Waals surface area contributed by atoms with Gasteiger partial charge < -0.3 is 5.32 Å². The Balaban J connectivity index is 4.02. The van der Waals surface area contributed by atoms with Crippen molar-refractivity contribution < 1.29 is 4.79 Å². The van der Waals surface area contributed by atoms with E-state index in [-0.39, 0.29) is 11.3 Å². The van der Waals surface area contributed by atoms with E-state index in [0.717, 1.165) is 12.8 Å². The molecular weight excluding hydrogens is 266 g/mol. The summed E-state index contributed by atoms with van der Waals surface area (Å²) >= 11 is 3.62. The van der Waals surface area contributed by atoms with Crippen molar-refractivity contribution in [3.8, 4) is 0 Å². The van der Waals surface area contributed by atoms with Gasteiger partial charge in [-0.2, -0.15) is 0 Å². The fourth-order valence-corrected chi connectivity index (χ4v) is 2.47. The lowest BCUT2D eigenvalue weighted by Crippen LogP contribution is -2.39. The summed E-state index contributed by atoms with van der Waals surface area (Å²) in [4.78, 5) is 12.2. The molecule has 0 fully saturated rings. The number of rotatable bonds is 5. The molecule has 0 bridgehead atoms. The van der Waals surface area contributed by atoms with Crippen LogP contribution in [0.3, 0.4) is 0 Å². The number of nitrogens with one attached hydrogen (secondary N) is 1. The van der Waals surface area contributed by atoms with E-state index in [1.54, 1.807) is 0 Å². The molecule has 1 amide bonds. The number of alkyl halides is 1. The Labute approximate surface area is 109 Å². The zero-order valence-electron chi connectivity index (χ0n) is 11.5. The van der Waals surface area contributed by atoms with Gasteiger partial charge in [0.2, 0.25) is 5.91 Å². The number of amides is 1. The lowest BCUT2D eigenvalue weighted by Gasteiger charge is -2.25. The van der Waals surface area contributed by atoms with Crippen LogP contribution in [0.4, 0.5) is 0 Å². The standard InChI is InChI=1S/C13H26BrNO/c1-7-13(5,6)11(16)15-9-10(14)8-12(2,3)4/h10H,7-9H2,1-6H3,(H,15,16).